The van der Waals surface area contributed by atoms with E-state index in [-0.39, 0.29) is 18.9 Å². The Morgan fingerprint density at radius 2 is 1.86 bits per heavy atom. The Labute approximate surface area is 216 Å². The first-order chi connectivity index (χ1) is 17.7. The molecule has 10 nitrogen and oxygen atoms in total. The number of aliphatic hydroxyl groups excluding tert-OH is 1. The molecule has 3 rings (SSSR count). The highest BCUT2D eigenvalue weighted by molar-refractivity contribution is 7.99. The van der Waals surface area contributed by atoms with Crippen LogP contribution in [0.15, 0.2) is 36.7 Å². The maximum Gasteiger partial charge on any atom is 0.236 e. The Kier molecular flexibility index (Phi) is 11.5. The van der Waals surface area contributed by atoms with E-state index in [9.17, 15) is 4.79 Å². The Balaban J connectivity index is 1.59. The molecule has 2 heterocycles. The van der Waals surface area contributed by atoms with E-state index in [4.69, 9.17) is 10.4 Å². The van der Waals surface area contributed by atoms with Crippen LogP contribution in [0.4, 0.5) is 5.69 Å². The smallest absolute Gasteiger partial charge is 0.236 e. The van der Waals surface area contributed by atoms with Crippen molar-refractivity contribution in [2.24, 2.45) is 0 Å². The first-order valence-electron chi connectivity index (χ1n) is 12.0. The molecule has 0 radical (unpaired) electrons. The molecule has 0 saturated carbocycles. The summed E-state index contributed by atoms with van der Waals surface area (Å²) < 4.78 is 0. The number of hydrogen-bond acceptors (Lipinski definition) is 10. The van der Waals surface area contributed by atoms with Crippen LogP contribution >= 0.6 is 11.8 Å². The molecule has 4 N–H and O–H groups in total. The molecule has 1 aromatic carbocycles. The number of aliphatic hydroxyl groups is 1. The lowest BCUT2D eigenvalue weighted by Crippen LogP contribution is -2.48. The predicted molar refractivity (Wildman–Crippen MR) is 144 cm³/mol. The van der Waals surface area contributed by atoms with Crippen LogP contribution in [0.3, 0.4) is 0 Å². The molecule has 36 heavy (non-hydrogen) atoms. The minimum Gasteiger partial charge on any atom is -0.395 e. The minimum absolute atomic E-state index is 0.0563. The number of aromatic nitrogens is 2. The zero-order valence-corrected chi connectivity index (χ0v) is 21.4. The zero-order valence-electron chi connectivity index (χ0n) is 20.6. The zero-order chi connectivity index (χ0) is 25.6. The average Bonchev–Trinajstić information content (AvgIpc) is 2.92. The number of nitrogens with zero attached hydrogens (tertiary/aromatic N) is 5. The highest BCUT2D eigenvalue weighted by Crippen LogP contribution is 2.22. The van der Waals surface area contributed by atoms with E-state index < -0.39 is 0 Å². The summed E-state index contributed by atoms with van der Waals surface area (Å²) in [5.41, 5.74) is 4.77. The van der Waals surface area contributed by atoms with Crippen LogP contribution in [0.5, 0.6) is 0 Å². The number of carbonyl (C=O) groups excluding carboxylic acids is 1. The molecule has 192 valence electrons. The molecule has 0 aliphatic carbocycles. The van der Waals surface area contributed by atoms with E-state index in [1.165, 1.54) is 0 Å². The molecule has 1 aliphatic heterocycles. The molecule has 1 amide bonds. The minimum atomic E-state index is -0.0938. The van der Waals surface area contributed by atoms with Crippen LogP contribution in [0, 0.1) is 11.3 Å². The number of thioether (sulfide) groups is 1. The van der Waals surface area contributed by atoms with Crippen molar-refractivity contribution in [3.05, 3.63) is 53.6 Å². The van der Waals surface area contributed by atoms with Gasteiger partial charge in [-0.25, -0.2) is 0 Å². The van der Waals surface area contributed by atoms with Gasteiger partial charge in [0.2, 0.25) is 5.91 Å². The van der Waals surface area contributed by atoms with Gasteiger partial charge in [0.1, 0.15) is 6.42 Å². The van der Waals surface area contributed by atoms with Crippen molar-refractivity contribution in [1.29, 1.82) is 5.26 Å². The van der Waals surface area contributed by atoms with Gasteiger partial charge in [0.05, 0.1) is 24.1 Å². The van der Waals surface area contributed by atoms with Gasteiger partial charge in [-0.1, -0.05) is 12.1 Å². The molecule has 1 aliphatic rings. The number of anilines is 1. The second-order valence-electron chi connectivity index (χ2n) is 8.09. The standard InChI is InChI=1S/C25H34N8O2S/c1-27-22(16-23-24(31-9-8-30-23)17-29-19-36-18-28-10-15-34)20-2-4-21(5-3-20)32-11-13-33(14-12-32)25(35)6-7-26/h2-5,8-9,16,27-29,34H,6,10-15,17-19H2,1H3/b22-16-. The quantitative estimate of drug-likeness (QED) is 0.229. The highest BCUT2D eigenvalue weighted by atomic mass is 32.2. The van der Waals surface area contributed by atoms with Gasteiger partial charge in [-0.3, -0.25) is 14.8 Å². The van der Waals surface area contributed by atoms with Crippen molar-refractivity contribution in [3.8, 4) is 6.07 Å². The number of carbonyl (C=O) groups is 1. The van der Waals surface area contributed by atoms with Crippen molar-refractivity contribution in [2.75, 3.05) is 63.0 Å². The third-order valence-corrected chi connectivity index (χ3v) is 6.57. The van der Waals surface area contributed by atoms with E-state index >= 15 is 0 Å². The van der Waals surface area contributed by atoms with Crippen LogP contribution in [-0.2, 0) is 11.3 Å². The lowest BCUT2D eigenvalue weighted by molar-refractivity contribution is -0.130. The Morgan fingerprint density at radius 1 is 1.14 bits per heavy atom. The number of benzene rings is 1. The number of nitrogens with one attached hydrogen (secondary N) is 3. The van der Waals surface area contributed by atoms with Crippen LogP contribution in [-0.4, -0.2) is 84.0 Å². The number of rotatable bonds is 13. The molecule has 0 atom stereocenters. The van der Waals surface area contributed by atoms with Gasteiger partial charge in [-0.2, -0.15) is 5.26 Å². The summed E-state index contributed by atoms with van der Waals surface area (Å²) >= 11 is 1.70. The predicted octanol–water partition coefficient (Wildman–Crippen LogP) is 1.08. The van der Waals surface area contributed by atoms with Crippen molar-refractivity contribution in [1.82, 2.24) is 30.8 Å². The second kappa shape index (κ2) is 15.1. The SMILES string of the molecule is CN/C(=C\c1nccnc1CNCSCNCCO)c1ccc(N2CCN(C(=O)CC#N)CC2)cc1. The van der Waals surface area contributed by atoms with Crippen molar-refractivity contribution in [2.45, 2.75) is 13.0 Å². The summed E-state index contributed by atoms with van der Waals surface area (Å²) in [5.74, 6) is 1.44. The first kappa shape index (κ1) is 27.4. The van der Waals surface area contributed by atoms with Gasteiger partial charge in [-0.05, 0) is 23.8 Å². The van der Waals surface area contributed by atoms with Gasteiger partial charge in [-0.15, -0.1) is 11.8 Å². The van der Waals surface area contributed by atoms with E-state index in [1.54, 1.807) is 29.1 Å². The molecule has 1 fully saturated rings. The topological polar surface area (TPSA) is 129 Å². The van der Waals surface area contributed by atoms with Gasteiger partial charge in [0.25, 0.3) is 0 Å². The third kappa shape index (κ3) is 8.20. The summed E-state index contributed by atoms with van der Waals surface area (Å²) in [6.07, 6.45) is 5.35. The van der Waals surface area contributed by atoms with Gasteiger partial charge in [0.15, 0.2) is 0 Å². The van der Waals surface area contributed by atoms with E-state index in [0.29, 0.717) is 26.2 Å². The molecule has 0 unspecified atom stereocenters. The van der Waals surface area contributed by atoms with Crippen molar-refractivity contribution < 1.29 is 9.90 Å². The van der Waals surface area contributed by atoms with Crippen LogP contribution in [0.1, 0.15) is 23.4 Å². The lowest BCUT2D eigenvalue weighted by Gasteiger charge is -2.36. The number of amides is 1. The van der Waals surface area contributed by atoms with Gasteiger partial charge >= 0.3 is 0 Å². The molecule has 0 bridgehead atoms. The van der Waals surface area contributed by atoms with E-state index in [0.717, 1.165) is 53.2 Å². The summed E-state index contributed by atoms with van der Waals surface area (Å²) in [7, 11) is 1.89. The number of piperazine rings is 1. The van der Waals surface area contributed by atoms with Crippen LogP contribution in [0.2, 0.25) is 0 Å². The van der Waals surface area contributed by atoms with E-state index in [2.05, 4.69) is 55.1 Å². The van der Waals surface area contributed by atoms with Gasteiger partial charge < -0.3 is 30.9 Å². The molecular formula is C25H34N8O2S. The number of hydrogen-bond donors (Lipinski definition) is 4. The third-order valence-electron chi connectivity index (χ3n) is 5.75. The summed E-state index contributed by atoms with van der Waals surface area (Å²) in [5, 5.41) is 27.3. The summed E-state index contributed by atoms with van der Waals surface area (Å²) in [6.45, 7) is 4.10. The molecular weight excluding hydrogens is 476 g/mol. The Bertz CT molecular complexity index is 1030. The largest absolute Gasteiger partial charge is 0.395 e. The normalized spacial score (nSPS) is 14.0. The fourth-order valence-electron chi connectivity index (χ4n) is 3.83. The van der Waals surface area contributed by atoms with Crippen LogP contribution in [0.25, 0.3) is 11.8 Å². The summed E-state index contributed by atoms with van der Waals surface area (Å²) in [4.78, 5) is 25.0. The molecule has 11 heteroatoms. The first-order valence-corrected chi connectivity index (χ1v) is 13.1. The maximum atomic E-state index is 11.9. The molecule has 1 saturated heterocycles. The highest BCUT2D eigenvalue weighted by Gasteiger charge is 2.21. The Morgan fingerprint density at radius 3 is 2.56 bits per heavy atom. The maximum absolute atomic E-state index is 11.9. The summed E-state index contributed by atoms with van der Waals surface area (Å²) in [6, 6.07) is 10.3. The number of nitriles is 1. The lowest BCUT2D eigenvalue weighted by atomic mass is 10.1. The molecule has 1 aromatic heterocycles. The van der Waals surface area contributed by atoms with Gasteiger partial charge in [0, 0.05) is 81.8 Å². The average molecular weight is 511 g/mol. The van der Waals surface area contributed by atoms with Crippen LogP contribution < -0.4 is 20.9 Å². The second-order valence-corrected chi connectivity index (χ2v) is 9.07. The van der Waals surface area contributed by atoms with Crippen molar-refractivity contribution >= 4 is 35.1 Å². The Hall–Kier alpha value is -3.17. The monoisotopic (exact) mass is 510 g/mol. The van der Waals surface area contributed by atoms with Crippen molar-refractivity contribution in [3.63, 3.8) is 0 Å². The fourth-order valence-corrected chi connectivity index (χ4v) is 4.47. The van der Waals surface area contributed by atoms with E-state index in [1.807, 2.05) is 19.2 Å². The fraction of sp³-hybridized carbons (Fsp3) is 0.440. The molecule has 2 aromatic rings. The molecule has 0 spiro atoms.